The number of furan rings is 1. The van der Waals surface area contributed by atoms with E-state index in [0.29, 0.717) is 42.2 Å². The monoisotopic (exact) mass is 448 g/mol. The third-order valence-electron chi connectivity index (χ3n) is 4.95. The summed E-state index contributed by atoms with van der Waals surface area (Å²) in [5, 5.41) is 3.87. The minimum absolute atomic E-state index is 0.000572. The molecule has 0 bridgehead atoms. The van der Waals surface area contributed by atoms with Gasteiger partial charge in [0.05, 0.1) is 5.75 Å². The van der Waals surface area contributed by atoms with Crippen LogP contribution < -0.4 is 10.2 Å². The van der Waals surface area contributed by atoms with Crippen molar-refractivity contribution in [1.82, 2.24) is 14.6 Å². The zero-order valence-corrected chi connectivity index (χ0v) is 17.7. The fourth-order valence-corrected chi connectivity index (χ4v) is 4.89. The Morgan fingerprint density at radius 1 is 1.13 bits per heavy atom. The SMILES string of the molecule is O=C(NCCS(=O)(=O)N1CCN(c2ccccn2)CC1)c1cc2cc(Cl)ccc2o1. The molecule has 0 spiro atoms. The van der Waals surface area contributed by atoms with Crippen molar-refractivity contribution in [3.8, 4) is 0 Å². The molecule has 3 heterocycles. The molecule has 0 aliphatic carbocycles. The van der Waals surface area contributed by atoms with E-state index in [9.17, 15) is 13.2 Å². The summed E-state index contributed by atoms with van der Waals surface area (Å²) >= 11 is 5.94. The fourth-order valence-electron chi connectivity index (χ4n) is 3.37. The van der Waals surface area contributed by atoms with Gasteiger partial charge < -0.3 is 14.6 Å². The van der Waals surface area contributed by atoms with Crippen molar-refractivity contribution in [3.63, 3.8) is 0 Å². The first-order chi connectivity index (χ1) is 14.4. The lowest BCUT2D eigenvalue weighted by molar-refractivity contribution is 0.0930. The lowest BCUT2D eigenvalue weighted by atomic mass is 10.2. The van der Waals surface area contributed by atoms with Gasteiger partial charge in [-0.05, 0) is 36.4 Å². The minimum atomic E-state index is -3.47. The third-order valence-corrected chi connectivity index (χ3v) is 7.06. The Morgan fingerprint density at radius 3 is 2.67 bits per heavy atom. The van der Waals surface area contributed by atoms with Crippen LogP contribution in [0.15, 0.2) is 53.1 Å². The highest BCUT2D eigenvalue weighted by molar-refractivity contribution is 7.89. The second kappa shape index (κ2) is 8.63. The van der Waals surface area contributed by atoms with Crippen LogP contribution in [0.25, 0.3) is 11.0 Å². The molecule has 1 amide bonds. The Morgan fingerprint density at radius 2 is 1.93 bits per heavy atom. The Balaban J connectivity index is 1.29. The van der Waals surface area contributed by atoms with Crippen LogP contribution in [0.1, 0.15) is 10.6 Å². The molecule has 0 radical (unpaired) electrons. The van der Waals surface area contributed by atoms with Gasteiger partial charge in [-0.2, -0.15) is 4.31 Å². The number of anilines is 1. The van der Waals surface area contributed by atoms with Crippen LogP contribution >= 0.6 is 11.6 Å². The third kappa shape index (κ3) is 4.58. The van der Waals surface area contributed by atoms with E-state index in [2.05, 4.69) is 15.2 Å². The summed E-state index contributed by atoms with van der Waals surface area (Å²) in [7, 11) is -3.47. The molecule has 158 valence electrons. The number of pyridine rings is 1. The number of carbonyl (C=O) groups excluding carboxylic acids is 1. The Hall–Kier alpha value is -2.62. The molecule has 1 N–H and O–H groups in total. The van der Waals surface area contributed by atoms with E-state index >= 15 is 0 Å². The Bertz CT molecular complexity index is 1140. The van der Waals surface area contributed by atoms with Gasteiger partial charge in [0, 0.05) is 49.3 Å². The quantitative estimate of drug-likeness (QED) is 0.622. The molecule has 10 heteroatoms. The highest BCUT2D eigenvalue weighted by atomic mass is 35.5. The number of fused-ring (bicyclic) bond motifs is 1. The molecule has 0 saturated carbocycles. The van der Waals surface area contributed by atoms with Crippen molar-refractivity contribution in [2.75, 3.05) is 43.4 Å². The molecular formula is C20H21ClN4O4S. The van der Waals surface area contributed by atoms with Gasteiger partial charge in [-0.15, -0.1) is 0 Å². The predicted molar refractivity (Wildman–Crippen MR) is 115 cm³/mol. The van der Waals surface area contributed by atoms with Gasteiger partial charge in [-0.25, -0.2) is 13.4 Å². The summed E-state index contributed by atoms with van der Waals surface area (Å²) in [5.74, 6) is 0.328. The summed E-state index contributed by atoms with van der Waals surface area (Å²) in [4.78, 5) is 18.7. The number of rotatable bonds is 6. The van der Waals surface area contributed by atoms with Crippen LogP contribution in [0.5, 0.6) is 0 Å². The zero-order valence-electron chi connectivity index (χ0n) is 16.1. The smallest absolute Gasteiger partial charge is 0.287 e. The van der Waals surface area contributed by atoms with Crippen LogP contribution in [-0.4, -0.2) is 62.1 Å². The van der Waals surface area contributed by atoms with E-state index in [4.69, 9.17) is 16.0 Å². The summed E-state index contributed by atoms with van der Waals surface area (Å²) in [6.07, 6.45) is 1.72. The van der Waals surface area contributed by atoms with Gasteiger partial charge >= 0.3 is 0 Å². The molecule has 1 aliphatic heterocycles. The molecular weight excluding hydrogens is 428 g/mol. The van der Waals surface area contributed by atoms with Crippen molar-refractivity contribution in [2.24, 2.45) is 0 Å². The van der Waals surface area contributed by atoms with Crippen molar-refractivity contribution in [2.45, 2.75) is 0 Å². The number of benzene rings is 1. The van der Waals surface area contributed by atoms with Crippen molar-refractivity contribution in [1.29, 1.82) is 0 Å². The number of nitrogens with zero attached hydrogens (tertiary/aromatic N) is 3. The van der Waals surface area contributed by atoms with E-state index in [1.165, 1.54) is 4.31 Å². The van der Waals surface area contributed by atoms with Crippen molar-refractivity contribution < 1.29 is 17.6 Å². The Labute approximate surface area is 179 Å². The average molecular weight is 449 g/mol. The van der Waals surface area contributed by atoms with Gasteiger partial charge in [-0.1, -0.05) is 17.7 Å². The summed E-state index contributed by atoms with van der Waals surface area (Å²) in [6.45, 7) is 1.92. The molecule has 1 aromatic carbocycles. The Kier molecular flexibility index (Phi) is 5.94. The second-order valence-corrected chi connectivity index (χ2v) is 9.46. The topological polar surface area (TPSA) is 95.8 Å². The largest absolute Gasteiger partial charge is 0.451 e. The number of aromatic nitrogens is 1. The highest BCUT2D eigenvalue weighted by Crippen LogP contribution is 2.23. The number of hydrogen-bond acceptors (Lipinski definition) is 6. The van der Waals surface area contributed by atoms with Crippen LogP contribution in [0, 0.1) is 0 Å². The summed E-state index contributed by atoms with van der Waals surface area (Å²) in [5.41, 5.74) is 0.544. The van der Waals surface area contributed by atoms with E-state index in [1.54, 1.807) is 30.5 Å². The molecule has 30 heavy (non-hydrogen) atoms. The molecule has 1 fully saturated rings. The van der Waals surface area contributed by atoms with Crippen LogP contribution in [-0.2, 0) is 10.0 Å². The standard InChI is InChI=1S/C20H21ClN4O4S/c21-16-4-5-17-15(13-16)14-18(29-17)20(26)23-7-12-30(27,28)25-10-8-24(9-11-25)19-3-1-2-6-22-19/h1-6,13-14H,7-12H2,(H,23,26). The molecule has 2 aromatic heterocycles. The van der Waals surface area contributed by atoms with E-state index < -0.39 is 15.9 Å². The number of piperazine rings is 1. The number of sulfonamides is 1. The maximum atomic E-state index is 12.6. The van der Waals surface area contributed by atoms with E-state index in [0.717, 1.165) is 5.82 Å². The van der Waals surface area contributed by atoms with E-state index in [1.807, 2.05) is 18.2 Å². The normalized spacial score (nSPS) is 15.4. The summed E-state index contributed by atoms with van der Waals surface area (Å²) in [6, 6.07) is 12.3. The van der Waals surface area contributed by atoms with E-state index in [-0.39, 0.29) is 18.1 Å². The number of hydrogen-bond donors (Lipinski definition) is 1. The van der Waals surface area contributed by atoms with Crippen LogP contribution in [0.4, 0.5) is 5.82 Å². The maximum absolute atomic E-state index is 12.6. The molecule has 0 unspecified atom stereocenters. The van der Waals surface area contributed by atoms with Gasteiger partial charge in [0.25, 0.3) is 5.91 Å². The van der Waals surface area contributed by atoms with Gasteiger partial charge in [0.15, 0.2) is 5.76 Å². The molecule has 0 atom stereocenters. The highest BCUT2D eigenvalue weighted by Gasteiger charge is 2.27. The van der Waals surface area contributed by atoms with Crippen molar-refractivity contribution >= 4 is 44.3 Å². The molecule has 1 aliphatic rings. The van der Waals surface area contributed by atoms with Gasteiger partial charge in [-0.3, -0.25) is 4.79 Å². The number of halogens is 1. The van der Waals surface area contributed by atoms with Crippen molar-refractivity contribution in [3.05, 3.63) is 59.4 Å². The first kappa shape index (κ1) is 20.6. The number of nitrogens with one attached hydrogen (secondary N) is 1. The number of carbonyl (C=O) groups is 1. The number of amides is 1. The average Bonchev–Trinajstić information content (AvgIpc) is 3.18. The molecule has 3 aromatic rings. The first-order valence-electron chi connectivity index (χ1n) is 9.53. The van der Waals surface area contributed by atoms with Crippen LogP contribution in [0.2, 0.25) is 5.02 Å². The zero-order chi connectivity index (χ0) is 21.1. The second-order valence-electron chi connectivity index (χ2n) is 6.94. The predicted octanol–water partition coefficient (Wildman–Crippen LogP) is 2.36. The lowest BCUT2D eigenvalue weighted by Crippen LogP contribution is -2.50. The molecule has 4 rings (SSSR count). The fraction of sp³-hybridized carbons (Fsp3) is 0.300. The van der Waals surface area contributed by atoms with Crippen LogP contribution in [0.3, 0.4) is 0 Å². The first-order valence-corrected chi connectivity index (χ1v) is 11.5. The lowest BCUT2D eigenvalue weighted by Gasteiger charge is -2.34. The molecule has 1 saturated heterocycles. The van der Waals surface area contributed by atoms with Gasteiger partial charge in [0.1, 0.15) is 11.4 Å². The summed E-state index contributed by atoms with van der Waals surface area (Å²) < 4.78 is 32.2. The van der Waals surface area contributed by atoms with Gasteiger partial charge in [0.2, 0.25) is 10.0 Å². The minimum Gasteiger partial charge on any atom is -0.451 e. The molecule has 8 nitrogen and oxygen atoms in total. The maximum Gasteiger partial charge on any atom is 0.287 e.